The van der Waals surface area contributed by atoms with Crippen LogP contribution in [-0.4, -0.2) is 114 Å². The number of amides is 2. The minimum Gasteiger partial charge on any atom is -0.494 e. The lowest BCUT2D eigenvalue weighted by Crippen LogP contribution is -2.48. The molecule has 0 aliphatic carbocycles. The number of imide groups is 1. The van der Waals surface area contributed by atoms with Gasteiger partial charge < -0.3 is 40.0 Å². The molecule has 10 rings (SSSR count). The maximum absolute atomic E-state index is 13.6. The van der Waals surface area contributed by atoms with Crippen LogP contribution in [-0.2, 0) is 21.2 Å². The van der Waals surface area contributed by atoms with Crippen LogP contribution in [0.3, 0.4) is 0 Å². The van der Waals surface area contributed by atoms with E-state index in [0.717, 1.165) is 92.3 Å². The molecule has 3 aromatic heterocycles. The second kappa shape index (κ2) is 20.9. The Bertz CT molecular complexity index is 2980. The predicted octanol–water partition coefficient (Wildman–Crippen LogP) is 9.15. The molecule has 0 bridgehead atoms. The number of aryl methyl sites for hydroxylation is 1. The van der Waals surface area contributed by atoms with E-state index in [1.54, 1.807) is 32.8 Å². The first kappa shape index (κ1) is 49.1. The van der Waals surface area contributed by atoms with E-state index in [9.17, 15) is 14.2 Å². The molecule has 1 unspecified atom stereocenters. The van der Waals surface area contributed by atoms with Crippen LogP contribution < -0.4 is 41.1 Å². The highest BCUT2D eigenvalue weighted by Gasteiger charge is 2.38. The number of nitrogens with one attached hydrogen (secondary N) is 4. The molecule has 4 saturated heterocycles. The molecule has 72 heavy (non-hydrogen) atoms. The van der Waals surface area contributed by atoms with Crippen molar-refractivity contribution >= 4 is 76.2 Å². The van der Waals surface area contributed by atoms with Crippen LogP contribution in [0.2, 0.25) is 5.02 Å². The normalized spacial score (nSPS) is 18.8. The fourth-order valence-corrected chi connectivity index (χ4v) is 12.2. The Morgan fingerprint density at radius 3 is 2.29 bits per heavy atom. The van der Waals surface area contributed by atoms with Crippen LogP contribution in [0.1, 0.15) is 51.4 Å². The first-order valence-corrected chi connectivity index (χ1v) is 28.1. The summed E-state index contributed by atoms with van der Waals surface area (Å²) >= 11 is 6.72. The van der Waals surface area contributed by atoms with Gasteiger partial charge in [-0.3, -0.25) is 19.6 Å². The number of carbonyl (C=O) groups is 2. The van der Waals surface area contributed by atoms with Crippen molar-refractivity contribution in [1.82, 2.24) is 34.9 Å². The van der Waals surface area contributed by atoms with Gasteiger partial charge in [0.1, 0.15) is 29.8 Å². The minimum atomic E-state index is -2.73. The van der Waals surface area contributed by atoms with Gasteiger partial charge in [0.05, 0.1) is 30.9 Å². The summed E-state index contributed by atoms with van der Waals surface area (Å²) < 4.78 is 21.5. The van der Waals surface area contributed by atoms with Gasteiger partial charge in [-0.1, -0.05) is 48.0 Å². The van der Waals surface area contributed by atoms with Crippen molar-refractivity contribution in [3.63, 3.8) is 0 Å². The number of ether oxygens (including phenoxy) is 1. The Morgan fingerprint density at radius 2 is 1.58 bits per heavy atom. The predicted molar refractivity (Wildman–Crippen MR) is 288 cm³/mol. The third-order valence-corrected chi connectivity index (χ3v) is 17.0. The van der Waals surface area contributed by atoms with E-state index >= 15 is 0 Å². The lowest BCUT2D eigenvalue weighted by atomic mass is 9.71. The molecule has 18 heteroatoms. The van der Waals surface area contributed by atoms with Crippen molar-refractivity contribution in [2.75, 3.05) is 92.0 Å². The maximum atomic E-state index is 13.6. The van der Waals surface area contributed by atoms with Gasteiger partial charge in [0.25, 0.3) is 0 Å². The van der Waals surface area contributed by atoms with Crippen LogP contribution >= 0.6 is 18.7 Å². The fraction of sp³-hybridized carbons (Fsp3) is 0.407. The molecule has 0 radical (unpaired) electrons. The molecule has 1 spiro atoms. The van der Waals surface area contributed by atoms with Crippen molar-refractivity contribution in [2.24, 2.45) is 18.4 Å². The highest BCUT2D eigenvalue weighted by molar-refractivity contribution is 7.70. The number of nitrogens with zero attached hydrogens (tertiary/aromatic N) is 8. The van der Waals surface area contributed by atoms with E-state index in [1.165, 1.54) is 25.7 Å². The maximum Gasteiger partial charge on any atom is 0.249 e. The molecule has 4 fully saturated rings. The van der Waals surface area contributed by atoms with Gasteiger partial charge in [0, 0.05) is 98.5 Å². The van der Waals surface area contributed by atoms with E-state index in [2.05, 4.69) is 69.2 Å². The minimum absolute atomic E-state index is 0.219. The van der Waals surface area contributed by atoms with E-state index in [-0.39, 0.29) is 11.8 Å². The van der Waals surface area contributed by atoms with Crippen LogP contribution in [0.15, 0.2) is 97.6 Å². The SMILES string of the molecule is COc1cc(N2CCC(CN3CCC4(CC3)CCN(c3ccnc(NC5CCC(=O)NC5=O)c3)CC4)CC2)c(-c2cnn(C)c2)cc1Nc1ncc(Cl)c(Nc2ccc(-c3ccccc3)cc2P(C)(C)=O)n1. The zero-order valence-electron chi connectivity index (χ0n) is 41.5. The number of rotatable bonds is 14. The van der Waals surface area contributed by atoms with Gasteiger partial charge in [-0.25, -0.2) is 9.97 Å². The highest BCUT2D eigenvalue weighted by atomic mass is 35.5. The molecule has 4 aliphatic rings. The molecular formula is C54H64ClN12O4P. The van der Waals surface area contributed by atoms with E-state index in [0.29, 0.717) is 69.2 Å². The number of aromatic nitrogens is 5. The van der Waals surface area contributed by atoms with Crippen molar-refractivity contribution in [3.8, 4) is 28.0 Å². The third-order valence-electron chi connectivity index (χ3n) is 15.1. The summed E-state index contributed by atoms with van der Waals surface area (Å²) in [6.07, 6.45) is 15.1. The summed E-state index contributed by atoms with van der Waals surface area (Å²) in [5, 5.41) is 18.0. The summed E-state index contributed by atoms with van der Waals surface area (Å²) in [7, 11) is 0.883. The average molecular weight is 1010 g/mol. The quantitative estimate of drug-likeness (QED) is 0.0601. The number of likely N-dealkylation sites (tertiary alicyclic amines) is 1. The number of hydrogen-bond donors (Lipinski definition) is 4. The molecule has 7 heterocycles. The molecule has 1 atom stereocenters. The summed E-state index contributed by atoms with van der Waals surface area (Å²) in [5.74, 6) is 2.14. The van der Waals surface area contributed by atoms with E-state index in [4.69, 9.17) is 21.3 Å². The first-order chi connectivity index (χ1) is 34.8. The van der Waals surface area contributed by atoms with E-state index in [1.807, 2.05) is 78.7 Å². The number of anilines is 7. The Hall–Kier alpha value is -6.48. The van der Waals surface area contributed by atoms with Crippen LogP contribution in [0.5, 0.6) is 5.75 Å². The monoisotopic (exact) mass is 1010 g/mol. The first-order valence-electron chi connectivity index (χ1n) is 25.1. The zero-order valence-corrected chi connectivity index (χ0v) is 43.2. The smallest absolute Gasteiger partial charge is 0.249 e. The molecule has 6 aromatic rings. The molecule has 3 aromatic carbocycles. The number of halogens is 1. The van der Waals surface area contributed by atoms with Crippen LogP contribution in [0.4, 0.5) is 40.3 Å². The molecule has 4 N–H and O–H groups in total. The molecule has 4 aliphatic heterocycles. The molecule has 16 nitrogen and oxygen atoms in total. The van der Waals surface area contributed by atoms with Gasteiger partial charge in [-0.05, 0) is 118 Å². The fourth-order valence-electron chi connectivity index (χ4n) is 10.9. The van der Waals surface area contributed by atoms with Gasteiger partial charge in [-0.2, -0.15) is 10.1 Å². The van der Waals surface area contributed by atoms with Gasteiger partial charge in [-0.15, -0.1) is 0 Å². The van der Waals surface area contributed by atoms with E-state index < -0.39 is 13.2 Å². The number of benzene rings is 3. The summed E-state index contributed by atoms with van der Waals surface area (Å²) in [6, 6.07) is 23.8. The Balaban J connectivity index is 0.766. The standard InChI is InChI=1S/C54H64ClN12O4P/c1-64-35-39(32-58-64)41-30-45(61-53-57-33-42(55)51(63-53)60-43-11-10-38(28-48(43)72(3,4)70)37-8-6-5-7-9-37)47(71-2)31-46(41)67-22-15-36(16-23-67)34-65-24-17-54(18-25-65)19-26-66(27-20-54)40-14-21-56-49(29-40)59-44-12-13-50(68)62-52(44)69/h5-11,14,21,28-33,35-36,44H,12-13,15-20,22-27,34H2,1-4H3,(H,56,59)(H,62,68,69)(H2,57,60,61,63). The number of pyridine rings is 1. The number of piperidine rings is 4. The lowest BCUT2D eigenvalue weighted by Gasteiger charge is -2.48. The zero-order chi connectivity index (χ0) is 50.0. The Kier molecular flexibility index (Phi) is 14.3. The van der Waals surface area contributed by atoms with Gasteiger partial charge in [0.15, 0.2) is 5.82 Å². The second-order valence-electron chi connectivity index (χ2n) is 20.3. The Labute approximate surface area is 426 Å². The van der Waals surface area contributed by atoms with Gasteiger partial charge >= 0.3 is 0 Å². The summed E-state index contributed by atoms with van der Waals surface area (Å²) in [6.45, 7) is 10.8. The molecular weight excluding hydrogens is 947 g/mol. The second-order valence-corrected chi connectivity index (χ2v) is 23.9. The van der Waals surface area contributed by atoms with Crippen LogP contribution in [0, 0.1) is 11.3 Å². The highest BCUT2D eigenvalue weighted by Crippen LogP contribution is 2.45. The molecule has 376 valence electrons. The van der Waals surface area contributed by atoms with Gasteiger partial charge in [0.2, 0.25) is 17.8 Å². The average Bonchev–Trinajstić information content (AvgIpc) is 3.83. The summed E-state index contributed by atoms with van der Waals surface area (Å²) in [4.78, 5) is 45.4. The van der Waals surface area contributed by atoms with Crippen molar-refractivity contribution in [2.45, 2.75) is 57.4 Å². The largest absolute Gasteiger partial charge is 0.494 e. The molecule has 0 saturated carbocycles. The third kappa shape index (κ3) is 11.1. The number of carbonyl (C=O) groups excluding carboxylic acids is 2. The Morgan fingerprint density at radius 1 is 0.819 bits per heavy atom. The molecule has 2 amide bonds. The van der Waals surface area contributed by atoms with Crippen molar-refractivity contribution < 1.29 is 18.9 Å². The van der Waals surface area contributed by atoms with Crippen molar-refractivity contribution in [3.05, 3.63) is 103 Å². The lowest BCUT2D eigenvalue weighted by molar-refractivity contribution is -0.133. The number of methoxy groups -OCH3 is 1. The topological polar surface area (TPSA) is 175 Å². The summed E-state index contributed by atoms with van der Waals surface area (Å²) in [5.41, 5.74) is 8.01. The van der Waals surface area contributed by atoms with Crippen molar-refractivity contribution in [1.29, 1.82) is 0 Å². The number of hydrogen-bond acceptors (Lipinski definition) is 14. The van der Waals surface area contributed by atoms with Crippen LogP contribution in [0.25, 0.3) is 22.3 Å².